The standard InChI is InChI=1S/C22H24IN5O3S2/c1-12-18(19(23)13(2)25-12)21-20(15-7-5-6-10-24-15)26-22(32)28(21)14-8-9-17(31-3)16(11-14)27-33(4,29)30/h5-11,20-21,25,27H,1-4H3,(H,26,32)/t20-,21+/m0/s1. The number of sulfonamides is 1. The predicted molar refractivity (Wildman–Crippen MR) is 142 cm³/mol. The van der Waals surface area contributed by atoms with Gasteiger partial charge >= 0.3 is 0 Å². The summed E-state index contributed by atoms with van der Waals surface area (Å²) in [6.45, 7) is 4.09. The second kappa shape index (κ2) is 9.11. The van der Waals surface area contributed by atoms with Gasteiger partial charge in [-0.15, -0.1) is 0 Å². The fourth-order valence-corrected chi connectivity index (χ4v) is 5.94. The number of pyridine rings is 1. The van der Waals surface area contributed by atoms with Gasteiger partial charge in [0.25, 0.3) is 0 Å². The van der Waals surface area contributed by atoms with Gasteiger partial charge < -0.3 is 19.9 Å². The summed E-state index contributed by atoms with van der Waals surface area (Å²) in [6.07, 6.45) is 2.87. The van der Waals surface area contributed by atoms with Gasteiger partial charge in [-0.1, -0.05) is 6.07 Å². The molecule has 33 heavy (non-hydrogen) atoms. The number of thiocarbonyl (C=S) groups is 1. The molecule has 0 amide bonds. The van der Waals surface area contributed by atoms with Gasteiger partial charge in [-0.25, -0.2) is 8.42 Å². The molecule has 3 N–H and O–H groups in total. The molecule has 1 aromatic carbocycles. The maximum Gasteiger partial charge on any atom is 0.229 e. The van der Waals surface area contributed by atoms with Crippen molar-refractivity contribution in [1.82, 2.24) is 15.3 Å². The lowest BCUT2D eigenvalue weighted by Gasteiger charge is -2.29. The zero-order valence-corrected chi connectivity index (χ0v) is 22.3. The zero-order chi connectivity index (χ0) is 23.9. The number of anilines is 2. The van der Waals surface area contributed by atoms with Crippen molar-refractivity contribution in [3.8, 4) is 5.75 Å². The number of aromatic amines is 1. The molecular weight excluding hydrogens is 573 g/mol. The first-order valence-corrected chi connectivity index (χ1v) is 13.5. The van der Waals surface area contributed by atoms with Crippen LogP contribution in [0.1, 0.15) is 34.7 Å². The van der Waals surface area contributed by atoms with E-state index in [0.29, 0.717) is 16.5 Å². The van der Waals surface area contributed by atoms with Crippen molar-refractivity contribution in [3.63, 3.8) is 0 Å². The molecule has 0 aliphatic carbocycles. The molecule has 8 nitrogen and oxygen atoms in total. The molecule has 174 valence electrons. The highest BCUT2D eigenvalue weighted by Gasteiger charge is 2.43. The van der Waals surface area contributed by atoms with Crippen LogP contribution in [0.2, 0.25) is 0 Å². The lowest BCUT2D eigenvalue weighted by atomic mass is 9.96. The highest BCUT2D eigenvalue weighted by Crippen LogP contribution is 2.45. The Morgan fingerprint density at radius 2 is 1.97 bits per heavy atom. The topological polar surface area (TPSA) is 99.3 Å². The monoisotopic (exact) mass is 597 g/mol. The molecule has 0 bridgehead atoms. The fraction of sp³-hybridized carbons (Fsp3) is 0.273. The van der Waals surface area contributed by atoms with Crippen LogP contribution in [0.5, 0.6) is 5.75 Å². The van der Waals surface area contributed by atoms with E-state index >= 15 is 0 Å². The fourth-order valence-electron chi connectivity index (χ4n) is 4.17. The van der Waals surface area contributed by atoms with Crippen LogP contribution in [0, 0.1) is 17.4 Å². The molecule has 1 fully saturated rings. The molecule has 0 saturated carbocycles. The van der Waals surface area contributed by atoms with Gasteiger partial charge in [-0.05, 0) is 79.0 Å². The number of hydrogen-bond acceptors (Lipinski definition) is 5. The number of hydrogen-bond donors (Lipinski definition) is 3. The number of nitrogens with one attached hydrogen (secondary N) is 3. The number of halogens is 1. The van der Waals surface area contributed by atoms with Crippen LogP contribution in [-0.2, 0) is 10.0 Å². The van der Waals surface area contributed by atoms with Gasteiger partial charge in [0.05, 0.1) is 36.8 Å². The Morgan fingerprint density at radius 3 is 2.55 bits per heavy atom. The van der Waals surface area contributed by atoms with Crippen molar-refractivity contribution >= 4 is 61.3 Å². The van der Waals surface area contributed by atoms with Gasteiger partial charge in [0.1, 0.15) is 5.75 Å². The van der Waals surface area contributed by atoms with E-state index in [1.807, 2.05) is 43.0 Å². The largest absolute Gasteiger partial charge is 0.495 e. The summed E-state index contributed by atoms with van der Waals surface area (Å²) >= 11 is 8.14. The molecule has 11 heteroatoms. The summed E-state index contributed by atoms with van der Waals surface area (Å²) < 4.78 is 32.9. The summed E-state index contributed by atoms with van der Waals surface area (Å²) in [5.74, 6) is 0.420. The van der Waals surface area contributed by atoms with E-state index in [2.05, 4.69) is 42.6 Å². The summed E-state index contributed by atoms with van der Waals surface area (Å²) in [4.78, 5) is 10.0. The molecule has 0 spiro atoms. The lowest BCUT2D eigenvalue weighted by Crippen LogP contribution is -2.30. The summed E-state index contributed by atoms with van der Waals surface area (Å²) in [7, 11) is -2.01. The molecule has 4 rings (SSSR count). The van der Waals surface area contributed by atoms with Crippen LogP contribution in [0.4, 0.5) is 11.4 Å². The molecule has 0 radical (unpaired) electrons. The SMILES string of the molecule is COc1ccc(N2C(=S)N[C@@H](c3ccccn3)[C@H]2c2c(C)[nH]c(C)c2I)cc1NS(C)(=O)=O. The third-order valence-electron chi connectivity index (χ3n) is 5.50. The number of H-pyrrole nitrogens is 1. The van der Waals surface area contributed by atoms with Crippen molar-refractivity contribution in [2.24, 2.45) is 0 Å². The van der Waals surface area contributed by atoms with Crippen LogP contribution in [0.15, 0.2) is 42.6 Å². The van der Waals surface area contributed by atoms with Gasteiger partial charge in [0.2, 0.25) is 10.0 Å². The Morgan fingerprint density at radius 1 is 1.21 bits per heavy atom. The molecule has 1 saturated heterocycles. The first kappa shape index (κ1) is 23.8. The Balaban J connectivity index is 1.89. The third-order valence-corrected chi connectivity index (χ3v) is 7.79. The zero-order valence-electron chi connectivity index (χ0n) is 18.5. The van der Waals surface area contributed by atoms with E-state index in [9.17, 15) is 8.42 Å². The van der Waals surface area contributed by atoms with Crippen LogP contribution >= 0.6 is 34.8 Å². The predicted octanol–water partition coefficient (Wildman–Crippen LogP) is 4.19. The van der Waals surface area contributed by atoms with Gasteiger partial charge in [0.15, 0.2) is 5.11 Å². The minimum atomic E-state index is -3.51. The maximum atomic E-state index is 11.9. The smallest absolute Gasteiger partial charge is 0.229 e. The van der Waals surface area contributed by atoms with Crippen LogP contribution in [-0.4, -0.2) is 36.9 Å². The number of aromatic nitrogens is 2. The summed E-state index contributed by atoms with van der Waals surface area (Å²) in [5.41, 5.74) is 5.18. The highest BCUT2D eigenvalue weighted by atomic mass is 127. The normalized spacial score (nSPS) is 18.3. The highest BCUT2D eigenvalue weighted by molar-refractivity contribution is 14.1. The minimum Gasteiger partial charge on any atom is -0.495 e. The third kappa shape index (κ3) is 4.66. The number of nitrogens with zero attached hydrogens (tertiary/aromatic N) is 2. The molecular formula is C22H24IN5O3S2. The average Bonchev–Trinajstić information content (AvgIpc) is 3.22. The van der Waals surface area contributed by atoms with Crippen LogP contribution < -0.4 is 19.7 Å². The van der Waals surface area contributed by atoms with Crippen LogP contribution in [0.3, 0.4) is 0 Å². The number of benzene rings is 1. The lowest BCUT2D eigenvalue weighted by molar-refractivity contribution is 0.417. The summed E-state index contributed by atoms with van der Waals surface area (Å²) in [5, 5.41) is 3.96. The number of rotatable bonds is 6. The molecule has 2 atom stereocenters. The number of methoxy groups -OCH3 is 1. The van der Waals surface area contributed by atoms with Crippen molar-refractivity contribution in [1.29, 1.82) is 0 Å². The number of ether oxygens (including phenoxy) is 1. The quantitative estimate of drug-likeness (QED) is 0.290. The van der Waals surface area contributed by atoms with Crippen molar-refractivity contribution in [2.45, 2.75) is 25.9 Å². The molecule has 3 aromatic rings. The van der Waals surface area contributed by atoms with E-state index in [-0.39, 0.29) is 12.1 Å². The minimum absolute atomic E-state index is 0.200. The molecule has 1 aliphatic rings. The summed E-state index contributed by atoms with van der Waals surface area (Å²) in [6, 6.07) is 10.7. The Bertz CT molecular complexity index is 1310. The van der Waals surface area contributed by atoms with Gasteiger partial charge in [-0.2, -0.15) is 0 Å². The first-order chi connectivity index (χ1) is 15.6. The van der Waals surface area contributed by atoms with Gasteiger partial charge in [-0.3, -0.25) is 9.71 Å². The number of aryl methyl sites for hydroxylation is 2. The van der Waals surface area contributed by atoms with E-state index in [1.165, 1.54) is 7.11 Å². The molecule has 3 heterocycles. The van der Waals surface area contributed by atoms with Crippen LogP contribution in [0.25, 0.3) is 0 Å². The molecule has 1 aliphatic heterocycles. The Kier molecular flexibility index (Phi) is 6.56. The average molecular weight is 598 g/mol. The second-order valence-electron chi connectivity index (χ2n) is 7.86. The second-order valence-corrected chi connectivity index (χ2v) is 11.1. The van der Waals surface area contributed by atoms with Crippen molar-refractivity contribution in [2.75, 3.05) is 23.0 Å². The van der Waals surface area contributed by atoms with Gasteiger partial charge in [0, 0.05) is 32.4 Å². The van der Waals surface area contributed by atoms with E-state index < -0.39 is 10.0 Å². The van der Waals surface area contributed by atoms with Crippen molar-refractivity contribution in [3.05, 3.63) is 68.8 Å². The van der Waals surface area contributed by atoms with E-state index in [4.69, 9.17) is 17.0 Å². The molecule has 0 unspecified atom stereocenters. The first-order valence-electron chi connectivity index (χ1n) is 10.1. The van der Waals surface area contributed by atoms with E-state index in [1.54, 1.807) is 18.3 Å². The maximum absolute atomic E-state index is 11.9. The molecule has 2 aromatic heterocycles. The Hall–Kier alpha value is -2.38. The Labute approximate surface area is 212 Å². The van der Waals surface area contributed by atoms with E-state index in [0.717, 1.165) is 38.2 Å². The van der Waals surface area contributed by atoms with Crippen molar-refractivity contribution < 1.29 is 13.2 Å².